The Morgan fingerprint density at radius 3 is 2.62 bits per heavy atom. The normalized spacial score (nSPS) is 22.1. The zero-order valence-electron chi connectivity index (χ0n) is 13.9. The number of ether oxygens (including phenoxy) is 1. The first-order valence-corrected chi connectivity index (χ1v) is 8.94. The summed E-state index contributed by atoms with van der Waals surface area (Å²) in [6.45, 7) is 4.53. The zero-order chi connectivity index (χ0) is 17.1. The van der Waals surface area contributed by atoms with Crippen molar-refractivity contribution in [3.05, 3.63) is 29.3 Å². The monoisotopic (exact) mass is 350 g/mol. The highest BCUT2D eigenvalue weighted by Gasteiger charge is 2.36. The van der Waals surface area contributed by atoms with E-state index in [1.807, 2.05) is 36.1 Å². The summed E-state index contributed by atoms with van der Waals surface area (Å²) >= 11 is 6.12. The quantitative estimate of drug-likeness (QED) is 0.838. The molecule has 5 nitrogen and oxygen atoms in total. The predicted octanol–water partition coefficient (Wildman–Crippen LogP) is 2.58. The van der Waals surface area contributed by atoms with Crippen molar-refractivity contribution in [2.24, 2.45) is 5.92 Å². The van der Waals surface area contributed by atoms with Gasteiger partial charge in [0.2, 0.25) is 11.8 Å². The van der Waals surface area contributed by atoms with Crippen LogP contribution in [0.3, 0.4) is 0 Å². The average molecular weight is 351 g/mol. The van der Waals surface area contributed by atoms with Crippen LogP contribution in [0.1, 0.15) is 26.2 Å². The number of rotatable bonds is 4. The molecule has 1 aromatic carbocycles. The molecule has 3 rings (SSSR count). The largest absolute Gasteiger partial charge is 0.489 e. The van der Waals surface area contributed by atoms with Gasteiger partial charge in [-0.1, -0.05) is 23.7 Å². The number of nitrogens with zero attached hydrogens (tertiary/aromatic N) is 2. The van der Waals surface area contributed by atoms with Crippen LogP contribution in [0.25, 0.3) is 0 Å². The molecule has 0 saturated carbocycles. The van der Waals surface area contributed by atoms with Crippen LogP contribution in [0.15, 0.2) is 24.3 Å². The third-order valence-electron chi connectivity index (χ3n) is 4.83. The minimum Gasteiger partial charge on any atom is -0.489 e. The Morgan fingerprint density at radius 1 is 1.29 bits per heavy atom. The third kappa shape index (κ3) is 3.66. The van der Waals surface area contributed by atoms with E-state index in [0.717, 1.165) is 12.8 Å². The Labute approximate surface area is 147 Å². The van der Waals surface area contributed by atoms with Crippen LogP contribution < -0.4 is 4.74 Å². The van der Waals surface area contributed by atoms with Gasteiger partial charge in [0.1, 0.15) is 11.9 Å². The maximum atomic E-state index is 12.6. The number of para-hydroxylation sites is 1. The number of likely N-dealkylation sites (tertiary alicyclic amines) is 2. The first-order valence-electron chi connectivity index (χ1n) is 8.56. The molecule has 24 heavy (non-hydrogen) atoms. The molecule has 0 N–H and O–H groups in total. The van der Waals surface area contributed by atoms with E-state index in [4.69, 9.17) is 16.3 Å². The second-order valence-electron chi connectivity index (χ2n) is 6.41. The summed E-state index contributed by atoms with van der Waals surface area (Å²) in [4.78, 5) is 28.1. The molecule has 0 spiro atoms. The lowest BCUT2D eigenvalue weighted by Gasteiger charge is -2.33. The van der Waals surface area contributed by atoms with Gasteiger partial charge >= 0.3 is 0 Å². The number of carbonyl (C=O) groups is 2. The summed E-state index contributed by atoms with van der Waals surface area (Å²) in [5.74, 6) is 0.714. The number of hydrogen-bond donors (Lipinski definition) is 0. The Balaban J connectivity index is 1.51. The van der Waals surface area contributed by atoms with Gasteiger partial charge in [-0.15, -0.1) is 0 Å². The first kappa shape index (κ1) is 17.1. The van der Waals surface area contributed by atoms with Gasteiger partial charge in [0.25, 0.3) is 0 Å². The molecule has 0 unspecified atom stereocenters. The lowest BCUT2D eigenvalue weighted by Crippen LogP contribution is -2.44. The van der Waals surface area contributed by atoms with E-state index < -0.39 is 0 Å². The number of piperidine rings is 1. The summed E-state index contributed by atoms with van der Waals surface area (Å²) in [6, 6.07) is 7.45. The highest BCUT2D eigenvalue weighted by molar-refractivity contribution is 6.32. The van der Waals surface area contributed by atoms with E-state index in [-0.39, 0.29) is 23.8 Å². The molecule has 2 saturated heterocycles. The van der Waals surface area contributed by atoms with Crippen LogP contribution in [-0.4, -0.2) is 53.9 Å². The maximum absolute atomic E-state index is 12.6. The predicted molar refractivity (Wildman–Crippen MR) is 92.0 cm³/mol. The lowest BCUT2D eigenvalue weighted by atomic mass is 10.0. The standard InChI is InChI=1S/C18H23ClN2O3/c1-2-20-12-13(11-17(20)22)18(23)21-9-7-14(8-10-21)24-16-6-4-3-5-15(16)19/h3-6,13-14H,2,7-12H2,1H3/t13-/m1/s1. The van der Waals surface area contributed by atoms with Crippen molar-refractivity contribution >= 4 is 23.4 Å². The minimum atomic E-state index is -0.182. The number of amides is 2. The van der Waals surface area contributed by atoms with Crippen LogP contribution in [0.5, 0.6) is 5.75 Å². The van der Waals surface area contributed by atoms with E-state index >= 15 is 0 Å². The molecular formula is C18H23ClN2O3. The second kappa shape index (κ2) is 7.43. The van der Waals surface area contributed by atoms with Crippen molar-refractivity contribution in [2.45, 2.75) is 32.3 Å². The molecule has 0 radical (unpaired) electrons. The molecule has 1 atom stereocenters. The second-order valence-corrected chi connectivity index (χ2v) is 6.81. The molecule has 1 aromatic rings. The molecular weight excluding hydrogens is 328 g/mol. The summed E-state index contributed by atoms with van der Waals surface area (Å²) in [7, 11) is 0. The molecule has 2 amide bonds. The first-order chi connectivity index (χ1) is 11.6. The molecule has 130 valence electrons. The van der Waals surface area contributed by atoms with Gasteiger partial charge in [0, 0.05) is 45.4 Å². The van der Waals surface area contributed by atoms with Crippen molar-refractivity contribution in [3.63, 3.8) is 0 Å². The fourth-order valence-corrected chi connectivity index (χ4v) is 3.60. The fraction of sp³-hybridized carbons (Fsp3) is 0.556. The number of halogens is 1. The van der Waals surface area contributed by atoms with Gasteiger partial charge in [-0.2, -0.15) is 0 Å². The fourth-order valence-electron chi connectivity index (χ4n) is 3.42. The lowest BCUT2D eigenvalue weighted by molar-refractivity contribution is -0.137. The molecule has 0 aromatic heterocycles. The molecule has 0 bridgehead atoms. The Bertz CT molecular complexity index is 614. The number of carbonyl (C=O) groups excluding carboxylic acids is 2. The molecule has 2 heterocycles. The summed E-state index contributed by atoms with van der Waals surface area (Å²) in [5, 5.41) is 0.611. The Kier molecular flexibility index (Phi) is 5.29. The SMILES string of the molecule is CCN1C[C@H](C(=O)N2CCC(Oc3ccccc3Cl)CC2)CC1=O. The zero-order valence-corrected chi connectivity index (χ0v) is 14.7. The van der Waals surface area contributed by atoms with E-state index in [9.17, 15) is 9.59 Å². The van der Waals surface area contributed by atoms with Gasteiger partial charge in [0.15, 0.2) is 0 Å². The smallest absolute Gasteiger partial charge is 0.227 e. The summed E-state index contributed by atoms with van der Waals surface area (Å²) in [6.07, 6.45) is 2.00. The van der Waals surface area contributed by atoms with Gasteiger partial charge in [-0.05, 0) is 19.1 Å². The molecule has 2 aliphatic heterocycles. The average Bonchev–Trinajstić information content (AvgIpc) is 2.98. The van der Waals surface area contributed by atoms with Gasteiger partial charge in [-0.25, -0.2) is 0 Å². The van der Waals surface area contributed by atoms with Gasteiger partial charge < -0.3 is 14.5 Å². The van der Waals surface area contributed by atoms with E-state index in [2.05, 4.69) is 0 Å². The van der Waals surface area contributed by atoms with Crippen LogP contribution >= 0.6 is 11.6 Å². The minimum absolute atomic E-state index is 0.0753. The van der Waals surface area contributed by atoms with Crippen molar-refractivity contribution in [1.29, 1.82) is 0 Å². The maximum Gasteiger partial charge on any atom is 0.227 e. The van der Waals surface area contributed by atoms with E-state index in [0.29, 0.717) is 43.4 Å². The Morgan fingerprint density at radius 2 is 2.00 bits per heavy atom. The Hall–Kier alpha value is -1.75. The van der Waals surface area contributed by atoms with Gasteiger partial charge in [0.05, 0.1) is 10.9 Å². The van der Waals surface area contributed by atoms with Crippen LogP contribution in [-0.2, 0) is 9.59 Å². The van der Waals surface area contributed by atoms with Crippen LogP contribution in [0, 0.1) is 5.92 Å². The third-order valence-corrected chi connectivity index (χ3v) is 5.14. The van der Waals surface area contributed by atoms with Crippen molar-refractivity contribution < 1.29 is 14.3 Å². The highest BCUT2D eigenvalue weighted by Crippen LogP contribution is 2.28. The molecule has 6 heteroatoms. The summed E-state index contributed by atoms with van der Waals surface area (Å²) < 4.78 is 5.96. The number of hydrogen-bond acceptors (Lipinski definition) is 3. The molecule has 2 aliphatic rings. The molecule has 2 fully saturated rings. The van der Waals surface area contributed by atoms with Crippen LogP contribution in [0.4, 0.5) is 0 Å². The van der Waals surface area contributed by atoms with Crippen molar-refractivity contribution in [2.75, 3.05) is 26.2 Å². The van der Waals surface area contributed by atoms with Crippen molar-refractivity contribution in [1.82, 2.24) is 9.80 Å². The van der Waals surface area contributed by atoms with E-state index in [1.54, 1.807) is 4.90 Å². The van der Waals surface area contributed by atoms with Gasteiger partial charge in [-0.3, -0.25) is 9.59 Å². The van der Waals surface area contributed by atoms with Crippen molar-refractivity contribution in [3.8, 4) is 5.75 Å². The topological polar surface area (TPSA) is 49.9 Å². The summed E-state index contributed by atoms with van der Waals surface area (Å²) in [5.41, 5.74) is 0. The highest BCUT2D eigenvalue weighted by atomic mass is 35.5. The number of benzene rings is 1. The van der Waals surface area contributed by atoms with E-state index in [1.165, 1.54) is 0 Å². The molecule has 0 aliphatic carbocycles. The van der Waals surface area contributed by atoms with Crippen LogP contribution in [0.2, 0.25) is 5.02 Å².